The third-order valence-electron chi connectivity index (χ3n) is 5.78. The summed E-state index contributed by atoms with van der Waals surface area (Å²) in [5.74, 6) is -0.346. The second-order valence-corrected chi connectivity index (χ2v) is 9.89. The van der Waals surface area contributed by atoms with Crippen LogP contribution in [0.1, 0.15) is 12.0 Å². The number of hydrogen-bond acceptors (Lipinski definition) is 3. The lowest BCUT2D eigenvalue weighted by Gasteiger charge is -2.28. The molecule has 0 aliphatic carbocycles. The number of nitrogens with two attached hydrogens (primary N) is 1. The van der Waals surface area contributed by atoms with Crippen LogP contribution < -0.4 is 10.6 Å². The Morgan fingerprint density at radius 3 is 2.43 bits per heavy atom. The number of aromatic amines is 1. The van der Waals surface area contributed by atoms with Crippen LogP contribution in [0, 0.1) is 0 Å². The van der Waals surface area contributed by atoms with E-state index in [9.17, 15) is 9.59 Å². The van der Waals surface area contributed by atoms with Crippen molar-refractivity contribution in [2.75, 3.05) is 24.5 Å². The average molecular weight is 598 g/mol. The number of carbonyl (C=O) groups is 2. The lowest BCUT2D eigenvalue weighted by atomic mass is 10.1. The van der Waals surface area contributed by atoms with Gasteiger partial charge >= 0.3 is 0 Å². The normalized spacial score (nSPS) is 10.9. The second-order valence-electron chi connectivity index (χ2n) is 8.12. The zero-order valence-electron chi connectivity index (χ0n) is 19.1. The van der Waals surface area contributed by atoms with Gasteiger partial charge < -0.3 is 15.6 Å². The second kappa shape index (κ2) is 11.7. The van der Waals surface area contributed by atoms with Gasteiger partial charge in [0.1, 0.15) is 6.54 Å². The number of para-hydroxylation sites is 2. The van der Waals surface area contributed by atoms with Crippen LogP contribution in [0.25, 0.3) is 10.9 Å². The summed E-state index contributed by atoms with van der Waals surface area (Å²) in [6.45, 7) is 0.583. The van der Waals surface area contributed by atoms with Gasteiger partial charge in [-0.1, -0.05) is 52.3 Å². The zero-order chi connectivity index (χ0) is 24.8. The minimum atomic E-state index is -0.209. The van der Waals surface area contributed by atoms with Crippen LogP contribution in [0.2, 0.25) is 0 Å². The molecular formula is C27H26Br2N4O2. The molecule has 0 saturated carbocycles. The standard InChI is InChI=1S/C27H26Br2N4O2/c28-20-10-11-23(29)25(16-20)33(21-6-2-1-3-7-21)27(35)18-32(26(34)12-14-30)15-13-19-17-31-24-9-5-4-8-22(19)24/h1-11,16-17,31H,12-15,18,30H2. The summed E-state index contributed by atoms with van der Waals surface area (Å²) in [4.78, 5) is 33.3. The molecular weight excluding hydrogens is 572 g/mol. The van der Waals surface area contributed by atoms with E-state index in [4.69, 9.17) is 5.73 Å². The molecule has 180 valence electrons. The molecule has 0 atom stereocenters. The Labute approximate surface area is 221 Å². The van der Waals surface area contributed by atoms with Crippen molar-refractivity contribution < 1.29 is 9.59 Å². The van der Waals surface area contributed by atoms with E-state index in [0.29, 0.717) is 18.7 Å². The molecule has 1 heterocycles. The number of amides is 2. The van der Waals surface area contributed by atoms with Crippen molar-refractivity contribution in [3.8, 4) is 0 Å². The number of nitrogens with zero attached hydrogens (tertiary/aromatic N) is 2. The first-order valence-electron chi connectivity index (χ1n) is 11.3. The number of nitrogens with one attached hydrogen (secondary N) is 1. The minimum absolute atomic E-state index is 0.0605. The first kappa shape index (κ1) is 25.2. The smallest absolute Gasteiger partial charge is 0.251 e. The molecule has 0 bridgehead atoms. The fourth-order valence-electron chi connectivity index (χ4n) is 4.05. The Kier molecular flexibility index (Phi) is 8.38. The number of halogens is 2. The molecule has 35 heavy (non-hydrogen) atoms. The topological polar surface area (TPSA) is 82.4 Å². The van der Waals surface area contributed by atoms with Crippen LogP contribution in [0.5, 0.6) is 0 Å². The van der Waals surface area contributed by atoms with Crippen LogP contribution in [0.3, 0.4) is 0 Å². The van der Waals surface area contributed by atoms with Gasteiger partial charge in [-0.05, 0) is 64.3 Å². The van der Waals surface area contributed by atoms with E-state index in [1.165, 1.54) is 0 Å². The average Bonchev–Trinajstić information content (AvgIpc) is 3.28. The van der Waals surface area contributed by atoms with Crippen molar-refractivity contribution in [1.82, 2.24) is 9.88 Å². The summed E-state index contributed by atoms with van der Waals surface area (Å²) in [6, 6.07) is 23.2. The van der Waals surface area contributed by atoms with Crippen LogP contribution >= 0.6 is 31.9 Å². The maximum absolute atomic E-state index is 13.8. The monoisotopic (exact) mass is 596 g/mol. The van der Waals surface area contributed by atoms with Gasteiger partial charge in [0.15, 0.2) is 0 Å². The minimum Gasteiger partial charge on any atom is -0.361 e. The molecule has 0 radical (unpaired) electrons. The number of benzene rings is 3. The van der Waals surface area contributed by atoms with E-state index < -0.39 is 0 Å². The number of rotatable bonds is 9. The first-order valence-corrected chi connectivity index (χ1v) is 12.9. The number of aromatic nitrogens is 1. The van der Waals surface area contributed by atoms with E-state index in [2.05, 4.69) is 42.9 Å². The number of hydrogen-bond donors (Lipinski definition) is 2. The summed E-state index contributed by atoms with van der Waals surface area (Å²) in [5, 5.41) is 1.12. The van der Waals surface area contributed by atoms with Gasteiger partial charge in [-0.3, -0.25) is 14.5 Å². The van der Waals surface area contributed by atoms with E-state index >= 15 is 0 Å². The van der Waals surface area contributed by atoms with Crippen molar-refractivity contribution >= 4 is 66.0 Å². The van der Waals surface area contributed by atoms with Crippen LogP contribution in [0.4, 0.5) is 11.4 Å². The molecule has 3 aromatic carbocycles. The Morgan fingerprint density at radius 1 is 0.914 bits per heavy atom. The molecule has 4 aromatic rings. The van der Waals surface area contributed by atoms with Crippen LogP contribution in [-0.2, 0) is 16.0 Å². The number of fused-ring (bicyclic) bond motifs is 1. The van der Waals surface area contributed by atoms with Gasteiger partial charge in [0.05, 0.1) is 5.69 Å². The molecule has 1 aromatic heterocycles. The highest BCUT2D eigenvalue weighted by Crippen LogP contribution is 2.34. The highest BCUT2D eigenvalue weighted by molar-refractivity contribution is 9.11. The highest BCUT2D eigenvalue weighted by Gasteiger charge is 2.25. The van der Waals surface area contributed by atoms with E-state index in [0.717, 1.165) is 31.1 Å². The molecule has 6 nitrogen and oxygen atoms in total. The van der Waals surface area contributed by atoms with Gasteiger partial charge in [0.2, 0.25) is 5.91 Å². The fraction of sp³-hybridized carbons (Fsp3) is 0.185. The molecule has 4 rings (SSSR count). The predicted molar refractivity (Wildman–Crippen MR) is 148 cm³/mol. The molecule has 0 fully saturated rings. The molecule has 0 aliphatic rings. The number of H-pyrrole nitrogens is 1. The molecule has 2 amide bonds. The van der Waals surface area contributed by atoms with Gasteiger partial charge in [-0.2, -0.15) is 0 Å². The molecule has 3 N–H and O–H groups in total. The molecule has 0 unspecified atom stereocenters. The third kappa shape index (κ3) is 6.01. The van der Waals surface area contributed by atoms with Crippen molar-refractivity contribution in [2.45, 2.75) is 12.8 Å². The highest BCUT2D eigenvalue weighted by atomic mass is 79.9. The number of carbonyl (C=O) groups excluding carboxylic acids is 2. The first-order chi connectivity index (χ1) is 17.0. The van der Waals surface area contributed by atoms with E-state index in [1.807, 2.05) is 72.9 Å². The summed E-state index contributed by atoms with van der Waals surface area (Å²) in [7, 11) is 0. The van der Waals surface area contributed by atoms with Crippen LogP contribution in [-0.4, -0.2) is 41.3 Å². The summed E-state index contributed by atoms with van der Waals surface area (Å²) < 4.78 is 1.62. The van der Waals surface area contributed by atoms with Crippen molar-refractivity contribution in [1.29, 1.82) is 0 Å². The molecule has 0 spiro atoms. The van der Waals surface area contributed by atoms with Crippen molar-refractivity contribution in [3.05, 3.63) is 93.5 Å². The van der Waals surface area contributed by atoms with Gasteiger partial charge in [-0.25, -0.2) is 0 Å². The molecule has 0 saturated heterocycles. The SMILES string of the molecule is NCCC(=O)N(CCc1c[nH]c2ccccc12)CC(=O)N(c1ccccc1)c1cc(Br)ccc1Br. The third-order valence-corrected chi connectivity index (χ3v) is 6.94. The Bertz CT molecular complexity index is 1320. The lowest BCUT2D eigenvalue weighted by molar-refractivity contribution is -0.134. The largest absolute Gasteiger partial charge is 0.361 e. The maximum Gasteiger partial charge on any atom is 0.251 e. The van der Waals surface area contributed by atoms with Crippen LogP contribution in [0.15, 0.2) is 87.9 Å². The molecule has 0 aliphatic heterocycles. The van der Waals surface area contributed by atoms with Crippen molar-refractivity contribution in [3.63, 3.8) is 0 Å². The quantitative estimate of drug-likeness (QED) is 0.257. The van der Waals surface area contributed by atoms with Gasteiger partial charge in [0, 0.05) is 51.2 Å². The fourth-order valence-corrected chi connectivity index (χ4v) is 4.83. The lowest BCUT2D eigenvalue weighted by Crippen LogP contribution is -2.43. The van der Waals surface area contributed by atoms with Gasteiger partial charge in [-0.15, -0.1) is 0 Å². The Morgan fingerprint density at radius 2 is 1.66 bits per heavy atom. The zero-order valence-corrected chi connectivity index (χ0v) is 22.3. The molecule has 8 heteroatoms. The summed E-state index contributed by atoms with van der Waals surface area (Å²) in [6.07, 6.45) is 2.78. The van der Waals surface area contributed by atoms with E-state index in [1.54, 1.807) is 9.80 Å². The van der Waals surface area contributed by atoms with Gasteiger partial charge in [0.25, 0.3) is 5.91 Å². The maximum atomic E-state index is 13.8. The Balaban J connectivity index is 1.61. The Hall–Kier alpha value is -2.94. The number of anilines is 2. The van der Waals surface area contributed by atoms with E-state index in [-0.39, 0.29) is 31.3 Å². The predicted octanol–water partition coefficient (Wildman–Crippen LogP) is 5.78. The summed E-state index contributed by atoms with van der Waals surface area (Å²) >= 11 is 7.09. The van der Waals surface area contributed by atoms with Crippen molar-refractivity contribution in [2.24, 2.45) is 5.73 Å². The summed E-state index contributed by atoms with van der Waals surface area (Å²) in [5.41, 5.74) is 9.25.